The lowest BCUT2D eigenvalue weighted by Crippen LogP contribution is -2.12. The van der Waals surface area contributed by atoms with Crippen molar-refractivity contribution >= 4 is 0 Å². The summed E-state index contributed by atoms with van der Waals surface area (Å²) < 4.78 is 10.6. The molecular weight excluding hydrogens is 200 g/mol. The highest BCUT2D eigenvalue weighted by atomic mass is 16.7. The van der Waals surface area contributed by atoms with Crippen LogP contribution in [0.15, 0.2) is 43.0 Å². The highest BCUT2D eigenvalue weighted by Crippen LogP contribution is 1.95. The van der Waals surface area contributed by atoms with Gasteiger partial charge in [-0.2, -0.15) is 0 Å². The Hall–Kier alpha value is -1.56. The molecule has 1 rings (SSSR count). The summed E-state index contributed by atoms with van der Waals surface area (Å²) in [6, 6.07) is 9.81. The second-order valence-electron chi connectivity index (χ2n) is 3.17. The third-order valence-electron chi connectivity index (χ3n) is 1.85. The van der Waals surface area contributed by atoms with Crippen molar-refractivity contribution in [2.24, 2.45) is 0 Å². The first kappa shape index (κ1) is 12.5. The van der Waals surface area contributed by atoms with Crippen LogP contribution in [0.3, 0.4) is 0 Å². The summed E-state index contributed by atoms with van der Waals surface area (Å²) >= 11 is 0. The highest BCUT2D eigenvalue weighted by molar-refractivity contribution is 5.33. The fourth-order valence-corrected chi connectivity index (χ4v) is 1.07. The van der Waals surface area contributed by atoms with Gasteiger partial charge in [-0.3, -0.25) is 0 Å². The third-order valence-corrected chi connectivity index (χ3v) is 1.85. The molecule has 0 N–H and O–H groups in total. The van der Waals surface area contributed by atoms with E-state index in [0.29, 0.717) is 13.2 Å². The van der Waals surface area contributed by atoms with Crippen molar-refractivity contribution in [1.29, 1.82) is 0 Å². The van der Waals surface area contributed by atoms with Gasteiger partial charge in [0.15, 0.2) is 6.29 Å². The molecule has 1 aromatic carbocycles. The molecule has 0 heterocycles. The molecule has 0 aliphatic rings. The van der Waals surface area contributed by atoms with E-state index in [1.54, 1.807) is 6.08 Å². The Labute approximate surface area is 96.9 Å². The van der Waals surface area contributed by atoms with Gasteiger partial charge >= 0.3 is 0 Å². The number of ether oxygens (including phenoxy) is 2. The van der Waals surface area contributed by atoms with Gasteiger partial charge in [-0.1, -0.05) is 36.1 Å². The van der Waals surface area contributed by atoms with Crippen LogP contribution in [0.25, 0.3) is 0 Å². The van der Waals surface area contributed by atoms with Crippen molar-refractivity contribution in [3.05, 3.63) is 48.6 Å². The zero-order chi connectivity index (χ0) is 11.6. The molecule has 1 atom stereocenters. The number of benzene rings is 1. The first-order valence-corrected chi connectivity index (χ1v) is 5.21. The molecule has 0 fully saturated rings. The van der Waals surface area contributed by atoms with Crippen LogP contribution >= 0.6 is 0 Å². The van der Waals surface area contributed by atoms with Crippen molar-refractivity contribution in [1.82, 2.24) is 0 Å². The van der Waals surface area contributed by atoms with E-state index >= 15 is 0 Å². The minimum absolute atomic E-state index is 0.247. The lowest BCUT2D eigenvalue weighted by atomic mass is 10.2. The maximum absolute atomic E-state index is 5.32. The molecule has 2 nitrogen and oxygen atoms in total. The Morgan fingerprint density at radius 2 is 2.06 bits per heavy atom. The maximum atomic E-state index is 5.32. The summed E-state index contributed by atoms with van der Waals surface area (Å²) in [5.41, 5.74) is 0.991. The van der Waals surface area contributed by atoms with Crippen LogP contribution in [0.5, 0.6) is 0 Å². The quantitative estimate of drug-likeness (QED) is 0.428. The van der Waals surface area contributed by atoms with Gasteiger partial charge in [0.2, 0.25) is 0 Å². The standard InChI is InChI=1S/C14H16O2/c1-3-11-15-13(2)16-12-7-10-14-8-5-4-6-9-14/h3-6,8-9,13H,1,11-12H2,2H3. The second-order valence-corrected chi connectivity index (χ2v) is 3.17. The number of hydrogen-bond acceptors (Lipinski definition) is 2. The van der Waals surface area contributed by atoms with Crippen molar-refractivity contribution in [2.45, 2.75) is 13.2 Å². The predicted molar refractivity (Wildman–Crippen MR) is 64.9 cm³/mol. The fourth-order valence-electron chi connectivity index (χ4n) is 1.07. The lowest BCUT2D eigenvalue weighted by molar-refractivity contribution is -0.112. The smallest absolute Gasteiger partial charge is 0.156 e. The van der Waals surface area contributed by atoms with Crippen molar-refractivity contribution in [3.8, 4) is 11.8 Å². The molecular formula is C14H16O2. The van der Waals surface area contributed by atoms with Gasteiger partial charge in [-0.15, -0.1) is 6.58 Å². The Bertz CT molecular complexity index is 359. The first-order valence-electron chi connectivity index (χ1n) is 5.21. The number of hydrogen-bond donors (Lipinski definition) is 0. The third kappa shape index (κ3) is 5.35. The summed E-state index contributed by atoms with van der Waals surface area (Å²) in [7, 11) is 0. The summed E-state index contributed by atoms with van der Waals surface area (Å²) in [6.07, 6.45) is 1.44. The van der Waals surface area contributed by atoms with E-state index in [0.717, 1.165) is 5.56 Å². The molecule has 0 saturated carbocycles. The summed E-state index contributed by atoms with van der Waals surface area (Å²) in [5, 5.41) is 0. The summed E-state index contributed by atoms with van der Waals surface area (Å²) in [5.74, 6) is 5.94. The number of rotatable bonds is 5. The zero-order valence-corrected chi connectivity index (χ0v) is 9.48. The largest absolute Gasteiger partial charge is 0.349 e. The normalized spacial score (nSPS) is 11.3. The zero-order valence-electron chi connectivity index (χ0n) is 9.48. The average molecular weight is 216 g/mol. The summed E-state index contributed by atoms with van der Waals surface area (Å²) in [4.78, 5) is 0. The van der Waals surface area contributed by atoms with Gasteiger partial charge in [0.05, 0.1) is 6.61 Å². The predicted octanol–water partition coefficient (Wildman–Crippen LogP) is 2.60. The van der Waals surface area contributed by atoms with Crippen LogP contribution < -0.4 is 0 Å². The van der Waals surface area contributed by atoms with Crippen LogP contribution in [0.4, 0.5) is 0 Å². The van der Waals surface area contributed by atoms with Crippen LogP contribution in [0.1, 0.15) is 12.5 Å². The van der Waals surface area contributed by atoms with Gasteiger partial charge in [0.1, 0.15) is 6.61 Å². The van der Waals surface area contributed by atoms with Crippen LogP contribution in [0.2, 0.25) is 0 Å². The van der Waals surface area contributed by atoms with E-state index in [-0.39, 0.29) is 6.29 Å². The van der Waals surface area contributed by atoms with Gasteiger partial charge < -0.3 is 9.47 Å². The fraction of sp³-hybridized carbons (Fsp3) is 0.286. The van der Waals surface area contributed by atoms with E-state index in [1.165, 1.54) is 0 Å². The second kappa shape index (κ2) is 7.70. The minimum Gasteiger partial charge on any atom is -0.349 e. The van der Waals surface area contributed by atoms with E-state index in [2.05, 4.69) is 18.4 Å². The molecule has 0 spiro atoms. The molecule has 0 aliphatic carbocycles. The van der Waals surface area contributed by atoms with Crippen LogP contribution in [0, 0.1) is 11.8 Å². The molecule has 0 amide bonds. The molecule has 84 valence electrons. The monoisotopic (exact) mass is 216 g/mol. The molecule has 1 aromatic rings. The average Bonchev–Trinajstić information content (AvgIpc) is 2.33. The molecule has 0 bridgehead atoms. The van der Waals surface area contributed by atoms with Crippen molar-refractivity contribution in [2.75, 3.05) is 13.2 Å². The molecule has 0 aromatic heterocycles. The van der Waals surface area contributed by atoms with E-state index < -0.39 is 0 Å². The van der Waals surface area contributed by atoms with E-state index in [1.807, 2.05) is 37.3 Å². The van der Waals surface area contributed by atoms with Gasteiger partial charge in [-0.05, 0) is 19.1 Å². The molecule has 16 heavy (non-hydrogen) atoms. The Morgan fingerprint density at radius 1 is 1.31 bits per heavy atom. The van der Waals surface area contributed by atoms with E-state index in [9.17, 15) is 0 Å². The Balaban J connectivity index is 2.25. The first-order chi connectivity index (χ1) is 7.83. The molecule has 0 saturated heterocycles. The van der Waals surface area contributed by atoms with Gasteiger partial charge in [-0.25, -0.2) is 0 Å². The maximum Gasteiger partial charge on any atom is 0.156 e. The lowest BCUT2D eigenvalue weighted by Gasteiger charge is -2.09. The molecule has 2 heteroatoms. The Kier molecular flexibility index (Phi) is 6.02. The minimum atomic E-state index is -0.247. The molecule has 0 radical (unpaired) electrons. The van der Waals surface area contributed by atoms with Gasteiger partial charge in [0, 0.05) is 5.56 Å². The Morgan fingerprint density at radius 3 is 2.75 bits per heavy atom. The molecule has 1 unspecified atom stereocenters. The van der Waals surface area contributed by atoms with Crippen molar-refractivity contribution in [3.63, 3.8) is 0 Å². The molecule has 0 aliphatic heterocycles. The van der Waals surface area contributed by atoms with Crippen LogP contribution in [-0.2, 0) is 9.47 Å². The SMILES string of the molecule is C=CCOC(C)OCC#Cc1ccccc1. The van der Waals surface area contributed by atoms with Gasteiger partial charge in [0.25, 0.3) is 0 Å². The van der Waals surface area contributed by atoms with E-state index in [4.69, 9.17) is 9.47 Å². The van der Waals surface area contributed by atoms with Crippen LogP contribution in [-0.4, -0.2) is 19.5 Å². The summed E-state index contributed by atoms with van der Waals surface area (Å²) in [6.45, 7) is 6.26. The topological polar surface area (TPSA) is 18.5 Å². The highest BCUT2D eigenvalue weighted by Gasteiger charge is 1.97. The van der Waals surface area contributed by atoms with Crippen molar-refractivity contribution < 1.29 is 9.47 Å².